The molecule has 16 heavy (non-hydrogen) atoms. The van der Waals surface area contributed by atoms with Crippen molar-refractivity contribution in [2.24, 2.45) is 0 Å². The maximum absolute atomic E-state index is 11.5. The normalized spacial score (nSPS) is 10.6. The second-order valence-corrected chi connectivity index (χ2v) is 4.85. The molecule has 1 amide bonds. The molecule has 0 saturated carbocycles. The molecule has 0 aromatic heterocycles. The van der Waals surface area contributed by atoms with Crippen LogP contribution < -0.4 is 5.32 Å². The molecule has 0 radical (unpaired) electrons. The van der Waals surface area contributed by atoms with Gasteiger partial charge in [-0.3, -0.25) is 4.79 Å². The smallest absolute Gasteiger partial charge is 0.250 e. The Hall–Kier alpha value is -0.580. The Labute approximate surface area is 108 Å². The summed E-state index contributed by atoms with van der Waals surface area (Å²) in [5.74, 6) is -0.214. The minimum Gasteiger partial charge on any atom is -0.369 e. The number of hydrogen-bond acceptors (Lipinski definition) is 2. The second kappa shape index (κ2) is 6.23. The average molecular weight is 307 g/mol. The zero-order valence-electron chi connectivity index (χ0n) is 9.09. The maximum atomic E-state index is 11.5. The number of anilines is 1. The summed E-state index contributed by atoms with van der Waals surface area (Å²) in [5, 5.41) is 3.18. The zero-order valence-corrected chi connectivity index (χ0v) is 11.4. The molecular weight excluding hydrogens is 293 g/mol. The van der Waals surface area contributed by atoms with Crippen molar-refractivity contribution in [3.05, 3.63) is 27.7 Å². The van der Waals surface area contributed by atoms with Crippen LogP contribution in [0.1, 0.15) is 13.8 Å². The van der Waals surface area contributed by atoms with Gasteiger partial charge in [-0.2, -0.15) is 0 Å². The Morgan fingerprint density at radius 2 is 2.25 bits per heavy atom. The number of carbonyl (C=O) groups is 1. The summed E-state index contributed by atoms with van der Waals surface area (Å²) in [6.45, 7) is 3.78. The predicted molar refractivity (Wildman–Crippen MR) is 68.9 cm³/mol. The lowest BCUT2D eigenvalue weighted by Gasteiger charge is -2.09. The first-order chi connectivity index (χ1) is 7.49. The van der Waals surface area contributed by atoms with Gasteiger partial charge in [-0.25, -0.2) is 0 Å². The molecule has 0 bridgehead atoms. The highest BCUT2D eigenvalue weighted by molar-refractivity contribution is 9.10. The zero-order chi connectivity index (χ0) is 12.1. The van der Waals surface area contributed by atoms with E-state index in [-0.39, 0.29) is 18.6 Å². The lowest BCUT2D eigenvalue weighted by molar-refractivity contribution is -0.121. The van der Waals surface area contributed by atoms with Gasteiger partial charge in [-0.1, -0.05) is 27.5 Å². The highest BCUT2D eigenvalue weighted by Crippen LogP contribution is 2.25. The Bertz CT molecular complexity index is 382. The monoisotopic (exact) mass is 305 g/mol. The molecule has 0 atom stereocenters. The summed E-state index contributed by atoms with van der Waals surface area (Å²) in [4.78, 5) is 11.5. The SMILES string of the molecule is CC(C)OCC(=O)Nc1cc(Br)ccc1Cl. The predicted octanol–water partition coefficient (Wildman–Crippen LogP) is 3.47. The van der Waals surface area contributed by atoms with Crippen molar-refractivity contribution >= 4 is 39.1 Å². The number of nitrogens with one attached hydrogen (secondary N) is 1. The number of hydrogen-bond donors (Lipinski definition) is 1. The third-order valence-electron chi connectivity index (χ3n) is 1.75. The molecule has 3 nitrogen and oxygen atoms in total. The minimum absolute atomic E-state index is 0.0283. The summed E-state index contributed by atoms with van der Waals surface area (Å²) in [5.41, 5.74) is 0.577. The number of rotatable bonds is 4. The van der Waals surface area contributed by atoms with Crippen LogP contribution in [0.4, 0.5) is 5.69 Å². The molecule has 0 aliphatic rings. The largest absolute Gasteiger partial charge is 0.369 e. The van der Waals surface area contributed by atoms with E-state index in [2.05, 4.69) is 21.2 Å². The summed E-state index contributed by atoms with van der Waals surface area (Å²) in [6, 6.07) is 5.27. The van der Waals surface area contributed by atoms with Crippen LogP contribution in [0.5, 0.6) is 0 Å². The molecule has 0 fully saturated rings. The Morgan fingerprint density at radius 3 is 2.88 bits per heavy atom. The number of carbonyl (C=O) groups excluding carboxylic acids is 1. The van der Waals surface area contributed by atoms with Crippen LogP contribution in [0.25, 0.3) is 0 Å². The lowest BCUT2D eigenvalue weighted by Crippen LogP contribution is -2.20. The average Bonchev–Trinajstić information content (AvgIpc) is 2.20. The Balaban J connectivity index is 2.59. The first-order valence-corrected chi connectivity index (χ1v) is 6.02. The van der Waals surface area contributed by atoms with E-state index < -0.39 is 0 Å². The summed E-state index contributed by atoms with van der Waals surface area (Å²) in [7, 11) is 0. The molecule has 0 saturated heterocycles. The van der Waals surface area contributed by atoms with Crippen LogP contribution in [0.3, 0.4) is 0 Å². The molecule has 88 valence electrons. The van der Waals surface area contributed by atoms with Crippen LogP contribution in [0, 0.1) is 0 Å². The van der Waals surface area contributed by atoms with E-state index in [4.69, 9.17) is 16.3 Å². The van der Waals surface area contributed by atoms with Crippen molar-refractivity contribution in [3.63, 3.8) is 0 Å². The van der Waals surface area contributed by atoms with E-state index in [0.29, 0.717) is 10.7 Å². The number of ether oxygens (including phenoxy) is 1. The fraction of sp³-hybridized carbons (Fsp3) is 0.364. The lowest BCUT2D eigenvalue weighted by atomic mass is 10.3. The van der Waals surface area contributed by atoms with Gasteiger partial charge in [0.05, 0.1) is 16.8 Å². The second-order valence-electron chi connectivity index (χ2n) is 3.53. The van der Waals surface area contributed by atoms with E-state index in [1.807, 2.05) is 19.9 Å². The topological polar surface area (TPSA) is 38.3 Å². The van der Waals surface area contributed by atoms with Gasteiger partial charge in [-0.05, 0) is 32.0 Å². The number of halogens is 2. The molecule has 1 aromatic carbocycles. The molecule has 1 rings (SSSR count). The molecule has 0 spiro atoms. The third-order valence-corrected chi connectivity index (χ3v) is 2.57. The number of benzene rings is 1. The van der Waals surface area contributed by atoms with Gasteiger partial charge in [0.2, 0.25) is 5.91 Å². The van der Waals surface area contributed by atoms with Gasteiger partial charge < -0.3 is 10.1 Å². The van der Waals surface area contributed by atoms with Crippen molar-refractivity contribution in [2.45, 2.75) is 20.0 Å². The van der Waals surface area contributed by atoms with Gasteiger partial charge >= 0.3 is 0 Å². The summed E-state index contributed by atoms with van der Waals surface area (Å²) < 4.78 is 6.04. The van der Waals surface area contributed by atoms with Gasteiger partial charge in [0.15, 0.2) is 0 Å². The molecule has 0 aliphatic carbocycles. The van der Waals surface area contributed by atoms with E-state index >= 15 is 0 Å². The molecule has 0 aliphatic heterocycles. The van der Waals surface area contributed by atoms with Gasteiger partial charge in [-0.15, -0.1) is 0 Å². The molecular formula is C11H13BrClNO2. The van der Waals surface area contributed by atoms with Crippen molar-refractivity contribution < 1.29 is 9.53 Å². The van der Waals surface area contributed by atoms with Crippen LogP contribution in [0.2, 0.25) is 5.02 Å². The fourth-order valence-electron chi connectivity index (χ4n) is 1.02. The van der Waals surface area contributed by atoms with Crippen molar-refractivity contribution in [2.75, 3.05) is 11.9 Å². The number of amides is 1. The highest BCUT2D eigenvalue weighted by Gasteiger charge is 2.07. The van der Waals surface area contributed by atoms with Crippen LogP contribution in [-0.4, -0.2) is 18.6 Å². The minimum atomic E-state index is -0.214. The molecule has 1 aromatic rings. The van der Waals surface area contributed by atoms with Crippen molar-refractivity contribution in [1.29, 1.82) is 0 Å². The molecule has 0 unspecified atom stereocenters. The highest BCUT2D eigenvalue weighted by atomic mass is 79.9. The Morgan fingerprint density at radius 1 is 1.56 bits per heavy atom. The van der Waals surface area contributed by atoms with E-state index in [9.17, 15) is 4.79 Å². The first kappa shape index (κ1) is 13.5. The standard InChI is InChI=1S/C11H13BrClNO2/c1-7(2)16-6-11(15)14-10-5-8(12)3-4-9(10)13/h3-5,7H,6H2,1-2H3,(H,14,15). The van der Waals surface area contributed by atoms with Gasteiger partial charge in [0.25, 0.3) is 0 Å². The molecule has 1 N–H and O–H groups in total. The van der Waals surface area contributed by atoms with Crippen molar-refractivity contribution in [1.82, 2.24) is 0 Å². The Kier molecular flexibility index (Phi) is 5.25. The molecule has 5 heteroatoms. The van der Waals surface area contributed by atoms with Crippen LogP contribution >= 0.6 is 27.5 Å². The first-order valence-electron chi connectivity index (χ1n) is 4.85. The van der Waals surface area contributed by atoms with E-state index in [1.54, 1.807) is 12.1 Å². The third kappa shape index (κ3) is 4.51. The van der Waals surface area contributed by atoms with Crippen molar-refractivity contribution in [3.8, 4) is 0 Å². The molecule has 0 heterocycles. The van der Waals surface area contributed by atoms with E-state index in [1.165, 1.54) is 0 Å². The maximum Gasteiger partial charge on any atom is 0.250 e. The van der Waals surface area contributed by atoms with Gasteiger partial charge in [0, 0.05) is 4.47 Å². The summed E-state index contributed by atoms with van der Waals surface area (Å²) in [6.07, 6.45) is 0.0312. The summed E-state index contributed by atoms with van der Waals surface area (Å²) >= 11 is 9.23. The van der Waals surface area contributed by atoms with E-state index in [0.717, 1.165) is 4.47 Å². The van der Waals surface area contributed by atoms with Crippen LogP contribution in [-0.2, 0) is 9.53 Å². The quantitative estimate of drug-likeness (QED) is 0.925. The van der Waals surface area contributed by atoms with Gasteiger partial charge in [0.1, 0.15) is 6.61 Å². The fourth-order valence-corrected chi connectivity index (χ4v) is 1.55. The van der Waals surface area contributed by atoms with Crippen LogP contribution in [0.15, 0.2) is 22.7 Å².